The molecule has 0 aliphatic heterocycles. The van der Waals surface area contributed by atoms with Crippen molar-refractivity contribution in [3.8, 4) is 17.0 Å². The van der Waals surface area contributed by atoms with Crippen molar-refractivity contribution < 1.29 is 9.84 Å². The number of methoxy groups -OCH3 is 1. The van der Waals surface area contributed by atoms with Gasteiger partial charge in [0.05, 0.1) is 19.8 Å². The van der Waals surface area contributed by atoms with Crippen LogP contribution in [0, 0.1) is 6.92 Å². The van der Waals surface area contributed by atoms with Crippen LogP contribution in [-0.4, -0.2) is 23.8 Å². The number of hydrogen-bond donors (Lipinski definition) is 2. The molecule has 1 heterocycles. The van der Waals surface area contributed by atoms with E-state index in [9.17, 15) is 0 Å². The van der Waals surface area contributed by atoms with Crippen molar-refractivity contribution in [2.75, 3.05) is 13.7 Å². The van der Waals surface area contributed by atoms with Gasteiger partial charge in [-0.05, 0) is 24.1 Å². The molecule has 0 amide bonds. The zero-order valence-electron chi connectivity index (χ0n) is 11.1. The number of rotatable bonds is 4. The second kappa shape index (κ2) is 5.82. The molecule has 1 atom stereocenters. The first-order valence-electron chi connectivity index (χ1n) is 6.13. The molecule has 0 unspecified atom stereocenters. The molecular weight excluding hydrogens is 240 g/mol. The van der Waals surface area contributed by atoms with Gasteiger partial charge in [0.1, 0.15) is 0 Å². The van der Waals surface area contributed by atoms with Gasteiger partial charge in [-0.25, -0.2) is 4.98 Å². The lowest BCUT2D eigenvalue weighted by atomic mass is 10.0. The summed E-state index contributed by atoms with van der Waals surface area (Å²) in [5, 5.41) is 9.02. The third kappa shape index (κ3) is 2.92. The number of aryl methyl sites for hydroxylation is 1. The molecule has 100 valence electrons. The van der Waals surface area contributed by atoms with Gasteiger partial charge >= 0.3 is 0 Å². The van der Waals surface area contributed by atoms with E-state index in [0.29, 0.717) is 5.88 Å². The van der Waals surface area contributed by atoms with E-state index < -0.39 is 0 Å². The van der Waals surface area contributed by atoms with Crippen molar-refractivity contribution in [3.05, 3.63) is 47.7 Å². The minimum atomic E-state index is -0.329. The summed E-state index contributed by atoms with van der Waals surface area (Å²) in [5.74, 6) is 0.641. The van der Waals surface area contributed by atoms with E-state index in [0.717, 1.165) is 22.3 Å². The number of pyridine rings is 1. The van der Waals surface area contributed by atoms with Crippen LogP contribution >= 0.6 is 0 Å². The number of nitrogens with two attached hydrogens (primary N) is 1. The largest absolute Gasteiger partial charge is 0.481 e. The molecule has 1 aromatic heterocycles. The summed E-state index contributed by atoms with van der Waals surface area (Å²) in [7, 11) is 1.61. The third-order valence-electron chi connectivity index (χ3n) is 3.09. The molecule has 2 aromatic rings. The van der Waals surface area contributed by atoms with Crippen LogP contribution in [0.3, 0.4) is 0 Å². The zero-order chi connectivity index (χ0) is 13.8. The molecule has 4 heteroatoms. The molecule has 0 aliphatic carbocycles. The fourth-order valence-electron chi connectivity index (χ4n) is 1.96. The van der Waals surface area contributed by atoms with Gasteiger partial charge in [0, 0.05) is 17.3 Å². The van der Waals surface area contributed by atoms with E-state index in [1.54, 1.807) is 13.3 Å². The molecule has 4 nitrogen and oxygen atoms in total. The quantitative estimate of drug-likeness (QED) is 0.880. The number of hydrogen-bond acceptors (Lipinski definition) is 4. The number of aliphatic hydroxyl groups is 1. The van der Waals surface area contributed by atoms with Gasteiger partial charge in [-0.2, -0.15) is 0 Å². The van der Waals surface area contributed by atoms with Gasteiger partial charge < -0.3 is 15.6 Å². The molecule has 0 aliphatic rings. The maximum Gasteiger partial charge on any atom is 0.215 e. The lowest BCUT2D eigenvalue weighted by Crippen LogP contribution is -2.14. The molecule has 0 bridgehead atoms. The van der Waals surface area contributed by atoms with E-state index in [4.69, 9.17) is 15.6 Å². The van der Waals surface area contributed by atoms with Crippen LogP contribution in [0.25, 0.3) is 11.1 Å². The van der Waals surface area contributed by atoms with Crippen LogP contribution in [0.4, 0.5) is 0 Å². The highest BCUT2D eigenvalue weighted by Crippen LogP contribution is 2.24. The maximum absolute atomic E-state index is 9.02. The first-order valence-corrected chi connectivity index (χ1v) is 6.13. The number of nitrogens with zero attached hydrogens (tertiary/aromatic N) is 1. The summed E-state index contributed by atoms with van der Waals surface area (Å²) in [5.41, 5.74) is 9.78. The highest BCUT2D eigenvalue weighted by Gasteiger charge is 2.06. The van der Waals surface area contributed by atoms with E-state index >= 15 is 0 Å². The molecule has 0 radical (unpaired) electrons. The van der Waals surface area contributed by atoms with Crippen molar-refractivity contribution in [2.45, 2.75) is 13.0 Å². The molecule has 0 spiro atoms. The Balaban J connectivity index is 2.29. The summed E-state index contributed by atoms with van der Waals surface area (Å²) in [4.78, 5) is 4.26. The van der Waals surface area contributed by atoms with Crippen molar-refractivity contribution in [1.82, 2.24) is 4.98 Å². The molecule has 1 aromatic carbocycles. The zero-order valence-corrected chi connectivity index (χ0v) is 11.1. The minimum Gasteiger partial charge on any atom is -0.481 e. The Bertz CT molecular complexity index is 553. The van der Waals surface area contributed by atoms with Crippen LogP contribution in [-0.2, 0) is 0 Å². The van der Waals surface area contributed by atoms with Crippen molar-refractivity contribution in [3.63, 3.8) is 0 Å². The maximum atomic E-state index is 9.02. The first-order chi connectivity index (χ1) is 9.15. The van der Waals surface area contributed by atoms with Crippen LogP contribution in [0.2, 0.25) is 0 Å². The molecule has 0 saturated carbocycles. The highest BCUT2D eigenvalue weighted by atomic mass is 16.5. The Hall–Kier alpha value is -1.91. The molecule has 3 N–H and O–H groups in total. The van der Waals surface area contributed by atoms with Crippen molar-refractivity contribution >= 4 is 0 Å². The second-order valence-corrected chi connectivity index (χ2v) is 4.46. The normalized spacial score (nSPS) is 12.2. The number of aromatic nitrogens is 1. The van der Waals surface area contributed by atoms with Crippen LogP contribution in [0.1, 0.15) is 17.2 Å². The molecule has 2 rings (SSSR count). The van der Waals surface area contributed by atoms with Crippen LogP contribution < -0.4 is 10.5 Å². The Morgan fingerprint density at radius 2 is 1.95 bits per heavy atom. The highest BCUT2D eigenvalue weighted by molar-refractivity contribution is 5.64. The Morgan fingerprint density at radius 1 is 1.26 bits per heavy atom. The predicted molar refractivity (Wildman–Crippen MR) is 75.0 cm³/mol. The Morgan fingerprint density at radius 3 is 2.47 bits per heavy atom. The minimum absolute atomic E-state index is 0.0530. The third-order valence-corrected chi connectivity index (χ3v) is 3.09. The lowest BCUT2D eigenvalue weighted by molar-refractivity contribution is 0.268. The SMILES string of the molecule is COc1ncc(-c2ccc([C@H](N)CO)cc2)cc1C. The van der Waals surface area contributed by atoms with E-state index in [-0.39, 0.29) is 12.6 Å². The summed E-state index contributed by atoms with van der Waals surface area (Å²) in [6.45, 7) is 1.91. The van der Waals surface area contributed by atoms with Gasteiger partial charge in [0.25, 0.3) is 0 Å². The summed E-state index contributed by atoms with van der Waals surface area (Å²) in [6.07, 6.45) is 1.78. The van der Waals surface area contributed by atoms with Crippen molar-refractivity contribution in [1.29, 1.82) is 0 Å². The Labute approximate surface area is 112 Å². The van der Waals surface area contributed by atoms with E-state index in [1.165, 1.54) is 0 Å². The van der Waals surface area contributed by atoms with Gasteiger partial charge in [0.15, 0.2) is 0 Å². The summed E-state index contributed by atoms with van der Waals surface area (Å²) in [6, 6.07) is 9.52. The summed E-state index contributed by atoms with van der Waals surface area (Å²) < 4.78 is 5.15. The molecular formula is C15H18N2O2. The van der Waals surface area contributed by atoms with Crippen molar-refractivity contribution in [2.24, 2.45) is 5.73 Å². The smallest absolute Gasteiger partial charge is 0.215 e. The van der Waals surface area contributed by atoms with E-state index in [2.05, 4.69) is 4.98 Å². The van der Waals surface area contributed by atoms with E-state index in [1.807, 2.05) is 37.3 Å². The molecule has 19 heavy (non-hydrogen) atoms. The fraction of sp³-hybridized carbons (Fsp3) is 0.267. The van der Waals surface area contributed by atoms with Gasteiger partial charge in [-0.15, -0.1) is 0 Å². The molecule has 0 saturated heterocycles. The van der Waals surface area contributed by atoms with Crippen LogP contribution in [0.5, 0.6) is 5.88 Å². The average Bonchev–Trinajstić information content (AvgIpc) is 2.46. The monoisotopic (exact) mass is 258 g/mol. The summed E-state index contributed by atoms with van der Waals surface area (Å²) >= 11 is 0. The lowest BCUT2D eigenvalue weighted by Gasteiger charge is -2.10. The predicted octanol–water partition coefficient (Wildman–Crippen LogP) is 2.06. The van der Waals surface area contributed by atoms with Gasteiger partial charge in [-0.1, -0.05) is 24.3 Å². The number of aliphatic hydroxyl groups excluding tert-OH is 1. The topological polar surface area (TPSA) is 68.4 Å². The average molecular weight is 258 g/mol. The first kappa shape index (κ1) is 13.5. The number of ether oxygens (including phenoxy) is 1. The standard InChI is InChI=1S/C15H18N2O2/c1-10-7-13(8-17-15(10)19-2)11-3-5-12(6-4-11)14(16)9-18/h3-8,14,18H,9,16H2,1-2H3/t14-/m1/s1. The van der Waals surface area contributed by atoms with Gasteiger partial charge in [0.2, 0.25) is 5.88 Å². The van der Waals surface area contributed by atoms with Gasteiger partial charge in [-0.3, -0.25) is 0 Å². The molecule has 0 fully saturated rings. The number of benzene rings is 1. The van der Waals surface area contributed by atoms with Crippen LogP contribution in [0.15, 0.2) is 36.5 Å². The Kier molecular flexibility index (Phi) is 4.14. The second-order valence-electron chi connectivity index (χ2n) is 4.46. The fourth-order valence-corrected chi connectivity index (χ4v) is 1.96.